The summed E-state index contributed by atoms with van der Waals surface area (Å²) >= 11 is 1.34. The molecule has 0 aliphatic heterocycles. The SMILES string of the molecule is N#CCSc1ccccc1C(=O)Nc1ncc[nH]1. The Morgan fingerprint density at radius 1 is 1.50 bits per heavy atom. The molecule has 0 bridgehead atoms. The molecule has 18 heavy (non-hydrogen) atoms. The lowest BCUT2D eigenvalue weighted by Gasteiger charge is -2.06. The van der Waals surface area contributed by atoms with Crippen molar-refractivity contribution in [1.82, 2.24) is 9.97 Å². The Morgan fingerprint density at radius 3 is 3.06 bits per heavy atom. The van der Waals surface area contributed by atoms with Crippen LogP contribution in [-0.4, -0.2) is 21.6 Å². The third kappa shape index (κ3) is 2.90. The van der Waals surface area contributed by atoms with Gasteiger partial charge in [0.1, 0.15) is 0 Å². The number of rotatable bonds is 4. The smallest absolute Gasteiger partial charge is 0.259 e. The number of benzene rings is 1. The molecule has 5 nitrogen and oxygen atoms in total. The van der Waals surface area contributed by atoms with Gasteiger partial charge in [-0.2, -0.15) is 5.26 Å². The maximum absolute atomic E-state index is 12.0. The van der Waals surface area contributed by atoms with E-state index in [1.54, 1.807) is 24.5 Å². The number of imidazole rings is 1. The van der Waals surface area contributed by atoms with Crippen LogP contribution < -0.4 is 5.32 Å². The van der Waals surface area contributed by atoms with Crippen LogP contribution in [-0.2, 0) is 0 Å². The number of aromatic nitrogens is 2. The molecule has 0 aliphatic rings. The molecule has 0 spiro atoms. The van der Waals surface area contributed by atoms with Crippen molar-refractivity contribution >= 4 is 23.6 Å². The van der Waals surface area contributed by atoms with Gasteiger partial charge in [0, 0.05) is 17.3 Å². The van der Waals surface area contributed by atoms with Gasteiger partial charge in [0.15, 0.2) is 0 Å². The van der Waals surface area contributed by atoms with E-state index in [9.17, 15) is 4.79 Å². The predicted octanol–water partition coefficient (Wildman–Crippen LogP) is 2.28. The molecular weight excluding hydrogens is 248 g/mol. The first-order chi connectivity index (χ1) is 8.81. The zero-order valence-corrected chi connectivity index (χ0v) is 10.2. The van der Waals surface area contributed by atoms with Crippen LogP contribution in [0.2, 0.25) is 0 Å². The summed E-state index contributed by atoms with van der Waals surface area (Å²) in [5.41, 5.74) is 0.536. The van der Waals surface area contributed by atoms with Crippen molar-refractivity contribution in [1.29, 1.82) is 5.26 Å². The number of aromatic amines is 1. The largest absolute Gasteiger partial charge is 0.331 e. The number of anilines is 1. The normalized spacial score (nSPS) is 9.72. The highest BCUT2D eigenvalue weighted by molar-refractivity contribution is 7.99. The molecule has 0 radical (unpaired) electrons. The van der Waals surface area contributed by atoms with Gasteiger partial charge in [-0.1, -0.05) is 12.1 Å². The topological polar surface area (TPSA) is 81.6 Å². The lowest BCUT2D eigenvalue weighted by atomic mass is 10.2. The zero-order valence-electron chi connectivity index (χ0n) is 9.38. The molecule has 1 heterocycles. The number of carbonyl (C=O) groups excluding carboxylic acids is 1. The number of nitriles is 1. The molecule has 0 saturated carbocycles. The number of amides is 1. The van der Waals surface area contributed by atoms with Crippen molar-refractivity contribution < 1.29 is 4.79 Å². The molecule has 1 aromatic heterocycles. The molecule has 0 fully saturated rings. The number of nitrogens with zero attached hydrogens (tertiary/aromatic N) is 2. The number of nitrogens with one attached hydrogen (secondary N) is 2. The number of thioether (sulfide) groups is 1. The van der Waals surface area contributed by atoms with E-state index in [1.165, 1.54) is 11.8 Å². The number of H-pyrrole nitrogens is 1. The van der Waals surface area contributed by atoms with Crippen LogP contribution in [0.4, 0.5) is 5.95 Å². The van der Waals surface area contributed by atoms with Gasteiger partial charge in [-0.05, 0) is 12.1 Å². The van der Waals surface area contributed by atoms with Crippen molar-refractivity contribution in [2.45, 2.75) is 4.90 Å². The fourth-order valence-corrected chi connectivity index (χ4v) is 2.11. The summed E-state index contributed by atoms with van der Waals surface area (Å²) in [7, 11) is 0. The predicted molar refractivity (Wildman–Crippen MR) is 69.3 cm³/mol. The number of hydrogen-bond donors (Lipinski definition) is 2. The third-order valence-corrected chi connectivity index (χ3v) is 3.09. The first-order valence-electron chi connectivity index (χ1n) is 5.21. The minimum absolute atomic E-state index is 0.244. The van der Waals surface area contributed by atoms with Crippen molar-refractivity contribution in [3.8, 4) is 6.07 Å². The van der Waals surface area contributed by atoms with Gasteiger partial charge in [0.05, 0.1) is 17.4 Å². The van der Waals surface area contributed by atoms with Crippen molar-refractivity contribution in [2.75, 3.05) is 11.1 Å². The summed E-state index contributed by atoms with van der Waals surface area (Å²) in [6, 6.07) is 9.20. The molecule has 1 amide bonds. The second kappa shape index (κ2) is 5.89. The molecule has 2 N–H and O–H groups in total. The fourth-order valence-electron chi connectivity index (χ4n) is 1.40. The van der Waals surface area contributed by atoms with E-state index in [0.29, 0.717) is 17.3 Å². The molecule has 6 heteroatoms. The summed E-state index contributed by atoms with van der Waals surface area (Å²) in [4.78, 5) is 19.5. The van der Waals surface area contributed by atoms with Gasteiger partial charge < -0.3 is 4.98 Å². The Bertz CT molecular complexity index is 574. The highest BCUT2D eigenvalue weighted by Crippen LogP contribution is 2.22. The Kier molecular flexibility index (Phi) is 3.99. The van der Waals surface area contributed by atoms with E-state index in [2.05, 4.69) is 15.3 Å². The first-order valence-corrected chi connectivity index (χ1v) is 6.19. The Hall–Kier alpha value is -2.26. The molecular formula is C12H10N4OS. The van der Waals surface area contributed by atoms with Crippen LogP contribution >= 0.6 is 11.8 Å². The molecule has 0 aliphatic carbocycles. The van der Waals surface area contributed by atoms with Gasteiger partial charge in [0.2, 0.25) is 5.95 Å². The average molecular weight is 258 g/mol. The Labute approximate surface area is 108 Å². The van der Waals surface area contributed by atoms with E-state index in [-0.39, 0.29) is 5.91 Å². The molecule has 90 valence electrons. The zero-order chi connectivity index (χ0) is 12.8. The van der Waals surface area contributed by atoms with Crippen LogP contribution in [0.5, 0.6) is 0 Å². The number of carbonyl (C=O) groups is 1. The van der Waals surface area contributed by atoms with Crippen molar-refractivity contribution in [3.05, 3.63) is 42.2 Å². The summed E-state index contributed by atoms with van der Waals surface area (Å²) < 4.78 is 0. The van der Waals surface area contributed by atoms with Crippen LogP contribution in [0.3, 0.4) is 0 Å². The molecule has 0 atom stereocenters. The number of hydrogen-bond acceptors (Lipinski definition) is 4. The van der Waals surface area contributed by atoms with Crippen LogP contribution in [0.1, 0.15) is 10.4 Å². The molecule has 2 rings (SSSR count). The van der Waals surface area contributed by atoms with Crippen molar-refractivity contribution in [3.63, 3.8) is 0 Å². The third-order valence-electron chi connectivity index (χ3n) is 2.15. The van der Waals surface area contributed by atoms with Crippen LogP contribution in [0.15, 0.2) is 41.6 Å². The summed E-state index contributed by atoms with van der Waals surface area (Å²) in [6.07, 6.45) is 3.19. The standard InChI is InChI=1S/C12H10N4OS/c13-5-8-18-10-4-2-1-3-9(10)11(17)16-12-14-6-7-15-12/h1-4,6-7H,8H2,(H2,14,15,16,17). The monoisotopic (exact) mass is 258 g/mol. The summed E-state index contributed by atoms with van der Waals surface area (Å²) in [5.74, 6) is 0.469. The van der Waals surface area contributed by atoms with Gasteiger partial charge in [0.25, 0.3) is 5.91 Å². The van der Waals surface area contributed by atoms with Gasteiger partial charge in [-0.3, -0.25) is 10.1 Å². The lowest BCUT2D eigenvalue weighted by Crippen LogP contribution is -2.13. The first kappa shape index (κ1) is 12.2. The minimum atomic E-state index is -0.244. The molecule has 2 aromatic rings. The van der Waals surface area contributed by atoms with Gasteiger partial charge in [-0.25, -0.2) is 4.98 Å². The Balaban J connectivity index is 2.17. The minimum Gasteiger partial charge on any atom is -0.331 e. The van der Waals surface area contributed by atoms with Gasteiger partial charge in [-0.15, -0.1) is 11.8 Å². The van der Waals surface area contributed by atoms with E-state index in [4.69, 9.17) is 5.26 Å². The molecule has 0 saturated heterocycles. The maximum Gasteiger partial charge on any atom is 0.259 e. The van der Waals surface area contributed by atoms with E-state index < -0.39 is 0 Å². The molecule has 1 aromatic carbocycles. The molecule has 0 unspecified atom stereocenters. The van der Waals surface area contributed by atoms with E-state index in [1.807, 2.05) is 18.2 Å². The lowest BCUT2D eigenvalue weighted by molar-refractivity contribution is 0.102. The average Bonchev–Trinajstić information content (AvgIpc) is 2.89. The second-order valence-corrected chi connectivity index (χ2v) is 4.35. The van der Waals surface area contributed by atoms with Crippen molar-refractivity contribution in [2.24, 2.45) is 0 Å². The van der Waals surface area contributed by atoms with Gasteiger partial charge >= 0.3 is 0 Å². The quantitative estimate of drug-likeness (QED) is 0.824. The second-order valence-electron chi connectivity index (χ2n) is 3.33. The van der Waals surface area contributed by atoms with Crippen LogP contribution in [0.25, 0.3) is 0 Å². The highest BCUT2D eigenvalue weighted by Gasteiger charge is 2.12. The maximum atomic E-state index is 12.0. The summed E-state index contributed by atoms with van der Waals surface area (Å²) in [6.45, 7) is 0. The highest BCUT2D eigenvalue weighted by atomic mass is 32.2. The Morgan fingerprint density at radius 2 is 2.33 bits per heavy atom. The summed E-state index contributed by atoms with van der Waals surface area (Å²) in [5, 5.41) is 11.2. The fraction of sp³-hybridized carbons (Fsp3) is 0.0833. The van der Waals surface area contributed by atoms with E-state index in [0.717, 1.165) is 4.90 Å². The van der Waals surface area contributed by atoms with E-state index >= 15 is 0 Å². The van der Waals surface area contributed by atoms with Crippen LogP contribution in [0, 0.1) is 11.3 Å².